The van der Waals surface area contributed by atoms with Crippen LogP contribution in [0, 0.1) is 5.92 Å². The minimum Gasteiger partial charge on any atom is -0.368 e. The first-order chi connectivity index (χ1) is 17.5. The predicted molar refractivity (Wildman–Crippen MR) is 138 cm³/mol. The molecule has 3 amide bonds. The Kier molecular flexibility index (Phi) is 8.67. The van der Waals surface area contributed by atoms with Gasteiger partial charge >= 0.3 is 0 Å². The molecular weight excluding hydrogens is 456 g/mol. The van der Waals surface area contributed by atoms with Crippen LogP contribution in [-0.2, 0) is 9.59 Å². The van der Waals surface area contributed by atoms with Gasteiger partial charge in [-0.05, 0) is 24.5 Å². The molecule has 1 saturated heterocycles. The van der Waals surface area contributed by atoms with Gasteiger partial charge in [0.15, 0.2) is 5.69 Å². The second kappa shape index (κ2) is 12.3. The second-order valence-corrected chi connectivity index (χ2v) is 9.25. The van der Waals surface area contributed by atoms with Crippen LogP contribution in [0.3, 0.4) is 0 Å². The fourth-order valence-electron chi connectivity index (χ4n) is 4.73. The van der Waals surface area contributed by atoms with E-state index in [9.17, 15) is 14.4 Å². The number of fused-ring (bicyclic) bond motifs is 1. The first-order valence-corrected chi connectivity index (χ1v) is 12.6. The summed E-state index contributed by atoms with van der Waals surface area (Å²) in [4.78, 5) is 37.8. The van der Waals surface area contributed by atoms with Crippen LogP contribution in [0.5, 0.6) is 0 Å². The zero-order valence-electron chi connectivity index (χ0n) is 20.4. The number of H-pyrrole nitrogens is 1. The van der Waals surface area contributed by atoms with Crippen LogP contribution in [0.4, 0.5) is 0 Å². The summed E-state index contributed by atoms with van der Waals surface area (Å²) in [6.07, 6.45) is 5.19. The molecule has 1 atom stereocenters. The Hall–Kier alpha value is -3.72. The Bertz CT molecular complexity index is 1170. The molecule has 1 unspecified atom stereocenters. The topological polar surface area (TPSA) is 133 Å². The van der Waals surface area contributed by atoms with Crippen molar-refractivity contribution in [2.75, 3.05) is 26.2 Å². The van der Waals surface area contributed by atoms with E-state index in [-0.39, 0.29) is 17.7 Å². The average Bonchev–Trinajstić information content (AvgIpc) is 3.37. The lowest BCUT2D eigenvalue weighted by atomic mass is 9.88. The lowest BCUT2D eigenvalue weighted by molar-refractivity contribution is -0.130. The van der Waals surface area contributed by atoms with E-state index in [0.29, 0.717) is 5.69 Å². The van der Waals surface area contributed by atoms with E-state index >= 15 is 0 Å². The number of primary amides is 1. The van der Waals surface area contributed by atoms with Crippen LogP contribution in [-0.4, -0.2) is 59.0 Å². The van der Waals surface area contributed by atoms with Crippen molar-refractivity contribution in [1.29, 1.82) is 0 Å². The Morgan fingerprint density at radius 2 is 1.61 bits per heavy atom. The van der Waals surface area contributed by atoms with Gasteiger partial charge in [0.25, 0.3) is 5.91 Å². The molecule has 1 aliphatic carbocycles. The molecule has 2 fully saturated rings. The third-order valence-corrected chi connectivity index (χ3v) is 6.76. The first-order valence-electron chi connectivity index (χ1n) is 12.6. The fraction of sp³-hybridized carbons (Fsp3) is 0.407. The van der Waals surface area contributed by atoms with E-state index in [1.807, 2.05) is 47.4 Å². The molecule has 1 saturated carbocycles. The molecule has 9 heteroatoms. The number of carbonyl (C=O) groups is 3. The number of rotatable bonds is 5. The molecule has 0 spiro atoms. The molecule has 1 aliphatic heterocycles. The first kappa shape index (κ1) is 25.4. The zero-order chi connectivity index (χ0) is 25.3. The quantitative estimate of drug-likeness (QED) is 0.436. The Balaban J connectivity index is 0.000000170. The van der Waals surface area contributed by atoms with Crippen molar-refractivity contribution in [2.45, 2.75) is 38.1 Å². The number of hydrogen-bond donors (Lipinski definition) is 4. The number of nitrogens with zero attached hydrogens (tertiary/aromatic N) is 2. The number of amides is 3. The summed E-state index contributed by atoms with van der Waals surface area (Å²) in [6.45, 7) is 3.21. The van der Waals surface area contributed by atoms with Gasteiger partial charge in [0.1, 0.15) is 6.04 Å². The zero-order valence-corrected chi connectivity index (χ0v) is 20.4. The monoisotopic (exact) mass is 490 g/mol. The van der Waals surface area contributed by atoms with E-state index in [2.05, 4.69) is 20.8 Å². The van der Waals surface area contributed by atoms with Gasteiger partial charge in [-0.1, -0.05) is 67.8 Å². The third-order valence-electron chi connectivity index (χ3n) is 6.76. The van der Waals surface area contributed by atoms with Crippen LogP contribution in [0.1, 0.15) is 54.2 Å². The minimum absolute atomic E-state index is 0.0175. The maximum absolute atomic E-state index is 12.3. The number of para-hydroxylation sites is 1. The van der Waals surface area contributed by atoms with Crippen molar-refractivity contribution >= 4 is 28.6 Å². The van der Waals surface area contributed by atoms with Gasteiger partial charge in [-0.2, -0.15) is 5.10 Å². The number of benzene rings is 2. The summed E-state index contributed by atoms with van der Waals surface area (Å²) < 4.78 is 0. The van der Waals surface area contributed by atoms with Crippen molar-refractivity contribution in [3.05, 3.63) is 65.9 Å². The normalized spacial score (nSPS) is 17.1. The highest BCUT2D eigenvalue weighted by Crippen LogP contribution is 2.25. The lowest BCUT2D eigenvalue weighted by Gasteiger charge is -2.26. The van der Waals surface area contributed by atoms with Gasteiger partial charge in [0.05, 0.1) is 5.52 Å². The number of piperazine rings is 1. The summed E-state index contributed by atoms with van der Waals surface area (Å²) in [5.74, 6) is -0.522. The molecule has 190 valence electrons. The van der Waals surface area contributed by atoms with Crippen LogP contribution in [0.15, 0.2) is 54.6 Å². The van der Waals surface area contributed by atoms with Gasteiger partial charge in [0, 0.05) is 37.5 Å². The number of nitrogens with one attached hydrogen (secondary N) is 3. The minimum atomic E-state index is -0.726. The highest BCUT2D eigenvalue weighted by atomic mass is 16.2. The fourth-order valence-corrected chi connectivity index (χ4v) is 4.73. The number of aromatic amines is 1. The highest BCUT2D eigenvalue weighted by Gasteiger charge is 2.26. The smallest absolute Gasteiger partial charge is 0.275 e. The van der Waals surface area contributed by atoms with Crippen molar-refractivity contribution < 1.29 is 14.4 Å². The molecule has 9 nitrogen and oxygen atoms in total. The second-order valence-electron chi connectivity index (χ2n) is 9.25. The van der Waals surface area contributed by atoms with Crippen LogP contribution in [0.2, 0.25) is 0 Å². The Labute approximate surface area is 210 Å². The summed E-state index contributed by atoms with van der Waals surface area (Å²) in [5.41, 5.74) is 7.57. The Morgan fingerprint density at radius 1 is 0.944 bits per heavy atom. The standard InChI is InChI=1S/C15H20N2O2.C12H14N4O/c16-14(18)13(11-7-3-1-4-8-11)17-15(19)12-9-5-2-6-10-12;17-12(16-7-5-13-6-8-16)11-9-3-1-2-4-10(9)14-15-11/h1,3-4,7-8,12-13H,2,5-6,9-10H2,(H2,16,18)(H,17,19);1-4,13H,5-8H2,(H,14,15). The van der Waals surface area contributed by atoms with Crippen molar-refractivity contribution in [1.82, 2.24) is 25.7 Å². The summed E-state index contributed by atoms with van der Waals surface area (Å²) in [7, 11) is 0. The number of nitrogens with two attached hydrogens (primary N) is 1. The van der Waals surface area contributed by atoms with E-state index in [1.165, 1.54) is 6.42 Å². The summed E-state index contributed by atoms with van der Waals surface area (Å²) >= 11 is 0. The molecule has 2 heterocycles. The average molecular weight is 491 g/mol. The molecule has 5 N–H and O–H groups in total. The van der Waals surface area contributed by atoms with E-state index in [0.717, 1.165) is 68.3 Å². The molecule has 2 aromatic carbocycles. The number of hydrogen-bond acceptors (Lipinski definition) is 5. The van der Waals surface area contributed by atoms with Crippen molar-refractivity contribution in [3.63, 3.8) is 0 Å². The lowest BCUT2D eigenvalue weighted by Crippen LogP contribution is -2.46. The largest absolute Gasteiger partial charge is 0.368 e. The molecule has 2 aliphatic rings. The van der Waals surface area contributed by atoms with Crippen molar-refractivity contribution in [2.24, 2.45) is 11.7 Å². The Morgan fingerprint density at radius 3 is 2.31 bits per heavy atom. The van der Waals surface area contributed by atoms with Gasteiger partial charge in [-0.3, -0.25) is 19.5 Å². The molecule has 36 heavy (non-hydrogen) atoms. The van der Waals surface area contributed by atoms with Crippen LogP contribution in [0.25, 0.3) is 10.9 Å². The van der Waals surface area contributed by atoms with Crippen LogP contribution >= 0.6 is 0 Å². The maximum Gasteiger partial charge on any atom is 0.275 e. The van der Waals surface area contributed by atoms with E-state index < -0.39 is 11.9 Å². The van der Waals surface area contributed by atoms with Gasteiger partial charge in [0.2, 0.25) is 11.8 Å². The van der Waals surface area contributed by atoms with Crippen LogP contribution < -0.4 is 16.4 Å². The number of aromatic nitrogens is 2. The van der Waals surface area contributed by atoms with Gasteiger partial charge in [-0.15, -0.1) is 0 Å². The predicted octanol–water partition coefficient (Wildman–Crippen LogP) is 2.52. The summed E-state index contributed by atoms with van der Waals surface area (Å²) in [5, 5.41) is 13.9. The molecule has 0 radical (unpaired) electrons. The van der Waals surface area contributed by atoms with E-state index in [1.54, 1.807) is 12.1 Å². The SMILES string of the molecule is NC(=O)C(NC(=O)C1CCCCC1)c1ccccc1.O=C(c1n[nH]c2ccccc12)N1CCNCC1. The summed E-state index contributed by atoms with van der Waals surface area (Å²) in [6, 6.07) is 16.1. The molecular formula is C27H34N6O3. The number of carbonyl (C=O) groups excluding carboxylic acids is 3. The maximum atomic E-state index is 12.3. The molecule has 1 aromatic heterocycles. The van der Waals surface area contributed by atoms with Gasteiger partial charge in [-0.25, -0.2) is 0 Å². The molecule has 0 bridgehead atoms. The third kappa shape index (κ3) is 6.28. The molecule has 5 rings (SSSR count). The van der Waals surface area contributed by atoms with Gasteiger partial charge < -0.3 is 21.3 Å². The highest BCUT2D eigenvalue weighted by molar-refractivity contribution is 6.04. The molecule has 3 aromatic rings. The van der Waals surface area contributed by atoms with E-state index in [4.69, 9.17) is 5.73 Å². The van der Waals surface area contributed by atoms with Crippen molar-refractivity contribution in [3.8, 4) is 0 Å².